The lowest BCUT2D eigenvalue weighted by atomic mass is 10.1. The summed E-state index contributed by atoms with van der Waals surface area (Å²) in [6, 6.07) is 9.04. The molecule has 3 aromatic rings. The van der Waals surface area contributed by atoms with Crippen molar-refractivity contribution >= 4 is 0 Å². The van der Waals surface area contributed by atoms with Crippen LogP contribution in [0.15, 0.2) is 36.9 Å². The number of nitrogens with zero attached hydrogens (tertiary/aromatic N) is 6. The Hall–Kier alpha value is -2.67. The van der Waals surface area contributed by atoms with Crippen molar-refractivity contribution in [3.05, 3.63) is 59.4 Å². The van der Waals surface area contributed by atoms with Gasteiger partial charge in [0.25, 0.3) is 0 Å². The summed E-state index contributed by atoms with van der Waals surface area (Å²) >= 11 is 0. The highest BCUT2D eigenvalue weighted by Crippen LogP contribution is 2.26. The summed E-state index contributed by atoms with van der Waals surface area (Å²) in [4.78, 5) is 6.52. The van der Waals surface area contributed by atoms with Gasteiger partial charge in [0, 0.05) is 30.9 Å². The maximum absolute atomic E-state index is 5.52. The minimum atomic E-state index is 0.464. The molecule has 7 nitrogen and oxygen atoms in total. The van der Waals surface area contributed by atoms with Crippen molar-refractivity contribution in [3.8, 4) is 5.75 Å². The zero-order valence-electron chi connectivity index (χ0n) is 16.2. The highest BCUT2D eigenvalue weighted by Gasteiger charge is 2.25. The summed E-state index contributed by atoms with van der Waals surface area (Å²) in [7, 11) is 1.71. The molecule has 0 N–H and O–H groups in total. The minimum absolute atomic E-state index is 0.464. The number of hydrogen-bond donors (Lipinski definition) is 0. The third kappa shape index (κ3) is 3.88. The minimum Gasteiger partial charge on any atom is -0.496 e. The van der Waals surface area contributed by atoms with Crippen LogP contribution in [0.4, 0.5) is 0 Å². The molecule has 3 heterocycles. The highest BCUT2D eigenvalue weighted by molar-refractivity contribution is 5.37. The summed E-state index contributed by atoms with van der Waals surface area (Å²) < 4.78 is 9.53. The zero-order valence-corrected chi connectivity index (χ0v) is 16.2. The third-order valence-electron chi connectivity index (χ3n) is 5.19. The van der Waals surface area contributed by atoms with Crippen LogP contribution in [0.5, 0.6) is 5.75 Å². The first-order valence-electron chi connectivity index (χ1n) is 9.35. The van der Waals surface area contributed by atoms with E-state index >= 15 is 0 Å². The van der Waals surface area contributed by atoms with Crippen molar-refractivity contribution in [2.75, 3.05) is 20.2 Å². The summed E-state index contributed by atoms with van der Waals surface area (Å²) in [6.45, 7) is 7.92. The second-order valence-electron chi connectivity index (χ2n) is 7.29. The topological polar surface area (TPSA) is 61.0 Å². The van der Waals surface area contributed by atoms with Crippen LogP contribution in [0.1, 0.15) is 35.0 Å². The Morgan fingerprint density at radius 1 is 1.19 bits per heavy atom. The molecule has 1 aromatic carbocycles. The van der Waals surface area contributed by atoms with E-state index < -0.39 is 0 Å². The molecule has 1 aliphatic heterocycles. The predicted octanol–water partition coefficient (Wildman–Crippen LogP) is 2.60. The fourth-order valence-electron chi connectivity index (χ4n) is 3.97. The van der Waals surface area contributed by atoms with Crippen LogP contribution in [0.3, 0.4) is 0 Å². The van der Waals surface area contributed by atoms with Gasteiger partial charge < -0.3 is 4.74 Å². The molecule has 4 rings (SSSR count). The van der Waals surface area contributed by atoms with Crippen molar-refractivity contribution in [1.29, 1.82) is 0 Å². The predicted molar refractivity (Wildman–Crippen MR) is 103 cm³/mol. The van der Waals surface area contributed by atoms with Crippen LogP contribution in [0, 0.1) is 13.8 Å². The molecule has 0 radical (unpaired) electrons. The molecule has 27 heavy (non-hydrogen) atoms. The molecule has 1 fully saturated rings. The van der Waals surface area contributed by atoms with Crippen LogP contribution in [0.25, 0.3) is 0 Å². The summed E-state index contributed by atoms with van der Waals surface area (Å²) in [6.07, 6.45) is 4.43. The van der Waals surface area contributed by atoms with Gasteiger partial charge >= 0.3 is 0 Å². The van der Waals surface area contributed by atoms with E-state index in [-0.39, 0.29) is 0 Å². The van der Waals surface area contributed by atoms with Gasteiger partial charge in [-0.05, 0) is 44.0 Å². The normalized spacial score (nSPS) is 17.5. The van der Waals surface area contributed by atoms with E-state index in [4.69, 9.17) is 4.74 Å². The van der Waals surface area contributed by atoms with E-state index in [1.807, 2.05) is 4.68 Å². The molecule has 0 bridgehead atoms. The van der Waals surface area contributed by atoms with Gasteiger partial charge in [0.2, 0.25) is 0 Å². The number of hydrogen-bond acceptors (Lipinski definition) is 5. The molecule has 2 aromatic heterocycles. The summed E-state index contributed by atoms with van der Waals surface area (Å²) in [5, 5.41) is 8.87. The molecular weight excluding hydrogens is 340 g/mol. The smallest absolute Gasteiger partial charge is 0.137 e. The van der Waals surface area contributed by atoms with E-state index in [9.17, 15) is 0 Å². The van der Waals surface area contributed by atoms with Gasteiger partial charge in [0.1, 0.15) is 18.4 Å². The Bertz CT molecular complexity index is 901. The maximum Gasteiger partial charge on any atom is 0.137 e. The molecule has 7 heteroatoms. The van der Waals surface area contributed by atoms with Gasteiger partial charge in [0.05, 0.1) is 25.4 Å². The van der Waals surface area contributed by atoms with E-state index in [1.165, 1.54) is 11.3 Å². The Balaban J connectivity index is 1.46. The van der Waals surface area contributed by atoms with Crippen molar-refractivity contribution in [3.63, 3.8) is 0 Å². The summed E-state index contributed by atoms with van der Waals surface area (Å²) in [5.41, 5.74) is 4.76. The number of likely N-dealkylation sites (tertiary alicyclic amines) is 1. The monoisotopic (exact) mass is 366 g/mol. The van der Waals surface area contributed by atoms with Crippen molar-refractivity contribution in [1.82, 2.24) is 29.4 Å². The first-order chi connectivity index (χ1) is 13.1. The second kappa shape index (κ2) is 7.52. The Kier molecular flexibility index (Phi) is 4.94. The van der Waals surface area contributed by atoms with Crippen LogP contribution in [-0.2, 0) is 13.1 Å². The molecule has 1 atom stereocenters. The highest BCUT2D eigenvalue weighted by atomic mass is 16.5. The first-order valence-corrected chi connectivity index (χ1v) is 9.35. The quantitative estimate of drug-likeness (QED) is 0.671. The molecule has 0 amide bonds. The average molecular weight is 366 g/mol. The number of aryl methyl sites for hydroxylation is 2. The SMILES string of the molecule is COc1ccc(CN2CC[C@H](n3nc(C)cc3C)C2)cc1Cn1cncn1. The van der Waals surface area contributed by atoms with Crippen molar-refractivity contribution in [2.24, 2.45) is 0 Å². The van der Waals surface area contributed by atoms with Crippen LogP contribution in [-0.4, -0.2) is 49.6 Å². The van der Waals surface area contributed by atoms with E-state index in [1.54, 1.807) is 19.8 Å². The van der Waals surface area contributed by atoms with Crippen molar-refractivity contribution in [2.45, 2.75) is 39.4 Å². The number of methoxy groups -OCH3 is 1. The largest absolute Gasteiger partial charge is 0.496 e. The average Bonchev–Trinajstić information content (AvgIpc) is 3.37. The van der Waals surface area contributed by atoms with Gasteiger partial charge in [-0.25, -0.2) is 9.67 Å². The van der Waals surface area contributed by atoms with Crippen molar-refractivity contribution < 1.29 is 4.74 Å². The van der Waals surface area contributed by atoms with Gasteiger partial charge in [-0.3, -0.25) is 9.58 Å². The zero-order chi connectivity index (χ0) is 18.8. The Labute approximate surface area is 159 Å². The Morgan fingerprint density at radius 3 is 2.78 bits per heavy atom. The first kappa shape index (κ1) is 17.7. The number of rotatable bonds is 6. The van der Waals surface area contributed by atoms with Crippen LogP contribution >= 0.6 is 0 Å². The lowest BCUT2D eigenvalue weighted by Gasteiger charge is -2.18. The molecule has 0 spiro atoms. The number of benzene rings is 1. The molecule has 0 aliphatic carbocycles. The van der Waals surface area contributed by atoms with Gasteiger partial charge in [-0.1, -0.05) is 6.07 Å². The van der Waals surface area contributed by atoms with E-state index in [2.05, 4.69) is 62.9 Å². The van der Waals surface area contributed by atoms with Crippen LogP contribution in [0.2, 0.25) is 0 Å². The maximum atomic E-state index is 5.52. The number of aromatic nitrogens is 5. The fourth-order valence-corrected chi connectivity index (χ4v) is 3.97. The summed E-state index contributed by atoms with van der Waals surface area (Å²) in [5.74, 6) is 0.885. The fraction of sp³-hybridized carbons (Fsp3) is 0.450. The standard InChI is InChI=1S/C20H26N6O/c1-15-8-16(2)26(23-15)19-6-7-24(12-19)10-17-4-5-20(27-3)18(9-17)11-25-14-21-13-22-25/h4-5,8-9,13-14,19H,6-7,10-12H2,1-3H3/t19-/m0/s1. The second-order valence-corrected chi connectivity index (χ2v) is 7.29. The Morgan fingerprint density at radius 2 is 2.07 bits per heavy atom. The molecule has 0 unspecified atom stereocenters. The third-order valence-corrected chi connectivity index (χ3v) is 5.19. The lowest BCUT2D eigenvalue weighted by Crippen LogP contribution is -2.22. The lowest BCUT2D eigenvalue weighted by molar-refractivity contribution is 0.310. The van der Waals surface area contributed by atoms with Crippen LogP contribution < -0.4 is 4.74 Å². The van der Waals surface area contributed by atoms with Gasteiger partial charge in [0.15, 0.2) is 0 Å². The molecule has 142 valence electrons. The molecular formula is C20H26N6O. The van der Waals surface area contributed by atoms with E-state index in [0.29, 0.717) is 12.6 Å². The molecule has 1 aliphatic rings. The van der Waals surface area contributed by atoms with E-state index in [0.717, 1.165) is 43.1 Å². The van der Waals surface area contributed by atoms with Gasteiger partial charge in [-0.2, -0.15) is 10.2 Å². The van der Waals surface area contributed by atoms with Gasteiger partial charge in [-0.15, -0.1) is 0 Å². The molecule has 1 saturated heterocycles. The number of ether oxygens (including phenoxy) is 1. The molecule has 0 saturated carbocycles.